The Morgan fingerprint density at radius 1 is 0.426 bits per heavy atom. The number of fused-ring (bicyclic) bond motifs is 8. The van der Waals surface area contributed by atoms with E-state index in [1.165, 1.54) is 87.0 Å². The van der Waals surface area contributed by atoms with Gasteiger partial charge in [0.1, 0.15) is 0 Å². The van der Waals surface area contributed by atoms with Crippen molar-refractivity contribution in [2.24, 2.45) is 0 Å². The molecule has 0 fully saturated rings. The van der Waals surface area contributed by atoms with Crippen molar-refractivity contribution < 1.29 is 0 Å². The summed E-state index contributed by atoms with van der Waals surface area (Å²) in [5.41, 5.74) is 10.1. The van der Waals surface area contributed by atoms with Crippen molar-refractivity contribution in [2.75, 3.05) is 4.90 Å². The summed E-state index contributed by atoms with van der Waals surface area (Å²) in [7, 11) is -2.70. The number of rotatable bonds is 3. The highest BCUT2D eigenvalue weighted by Crippen LogP contribution is 2.43. The van der Waals surface area contributed by atoms with Crippen molar-refractivity contribution in [1.29, 1.82) is 0 Å². The van der Waals surface area contributed by atoms with Crippen molar-refractivity contribution >= 4 is 84.0 Å². The van der Waals surface area contributed by atoms with Crippen LogP contribution in [0.1, 0.15) is 11.1 Å². The maximum absolute atomic E-state index is 2.70. The minimum atomic E-state index is -2.70. The van der Waals surface area contributed by atoms with E-state index in [0.29, 0.717) is 0 Å². The topological polar surface area (TPSA) is 7.65 Å². The van der Waals surface area contributed by atoms with Crippen LogP contribution in [0.25, 0.3) is 38.1 Å². The van der Waals surface area contributed by atoms with E-state index in [0.717, 1.165) is 0 Å². The third kappa shape index (κ3) is 3.49. The van der Waals surface area contributed by atoms with Gasteiger partial charge < -0.3 is 9.30 Å². The summed E-state index contributed by atoms with van der Waals surface area (Å²) in [6.07, 6.45) is 0. The van der Waals surface area contributed by atoms with Gasteiger partial charge in [0, 0.05) is 38.6 Å². The highest BCUT2D eigenvalue weighted by atomic mass is 28.3. The van der Waals surface area contributed by atoms with Gasteiger partial charge in [-0.3, -0.25) is 0 Å². The molecule has 2 aromatic heterocycles. The van der Waals surface area contributed by atoms with E-state index >= 15 is 0 Å². The van der Waals surface area contributed by atoms with E-state index in [2.05, 4.69) is 181 Å². The number of nitrogens with zero attached hydrogens (tertiary/aromatic N) is 2. The molecule has 3 heteroatoms. The smallest absolute Gasteiger partial charge is 0.184 e. The second kappa shape index (κ2) is 9.68. The summed E-state index contributed by atoms with van der Waals surface area (Å²) in [6.45, 7) is 4.47. The Kier molecular flexibility index (Phi) is 5.47. The molecule has 7 aromatic carbocycles. The fourth-order valence-corrected chi connectivity index (χ4v) is 13.9. The van der Waals surface area contributed by atoms with Crippen LogP contribution >= 0.6 is 0 Å². The molecule has 0 N–H and O–H groups in total. The van der Waals surface area contributed by atoms with Crippen molar-refractivity contribution in [3.05, 3.63) is 169 Å². The molecule has 47 heavy (non-hydrogen) atoms. The Morgan fingerprint density at radius 3 is 1.57 bits per heavy atom. The van der Waals surface area contributed by atoms with Crippen molar-refractivity contribution in [3.63, 3.8) is 0 Å². The largest absolute Gasteiger partial charge is 0.311 e. The van der Waals surface area contributed by atoms with Gasteiger partial charge in [0.2, 0.25) is 0 Å². The Bertz CT molecular complexity index is 2560. The van der Waals surface area contributed by atoms with Crippen LogP contribution in [0.5, 0.6) is 0 Å². The van der Waals surface area contributed by atoms with Crippen LogP contribution < -0.4 is 25.6 Å². The van der Waals surface area contributed by atoms with Crippen molar-refractivity contribution in [3.8, 4) is 0 Å². The molecule has 1 aliphatic rings. The van der Waals surface area contributed by atoms with E-state index < -0.39 is 8.07 Å². The molecule has 0 saturated carbocycles. The summed E-state index contributed by atoms with van der Waals surface area (Å²) < 4.78 is 2.49. The molecule has 0 atom stereocenters. The average Bonchev–Trinajstić information content (AvgIpc) is 3.64. The van der Waals surface area contributed by atoms with E-state index in [1.54, 1.807) is 0 Å². The molecule has 222 valence electrons. The molecule has 0 saturated heterocycles. The Hall–Kier alpha value is -5.64. The van der Waals surface area contributed by atoms with Crippen molar-refractivity contribution in [2.45, 2.75) is 13.8 Å². The third-order valence-electron chi connectivity index (χ3n) is 10.5. The summed E-state index contributed by atoms with van der Waals surface area (Å²) in [4.78, 5) is 2.53. The standard InChI is InChI=1S/C44H32N2Si/c1-29-20-24-39-42(26-29)47(32-12-5-3-6-13-32,33-14-7-4-8-15-33)43-27-30(2)21-25-40(43)45(39)31-22-23-35-37-18-11-17-36-34-16-9-10-19-38(34)46(44(36)37)41(35)28-31/h3-28H,1-2H3. The van der Waals surface area contributed by atoms with Gasteiger partial charge in [-0.15, -0.1) is 0 Å². The van der Waals surface area contributed by atoms with Gasteiger partial charge >= 0.3 is 0 Å². The Morgan fingerprint density at radius 2 is 0.957 bits per heavy atom. The predicted molar refractivity (Wildman–Crippen MR) is 202 cm³/mol. The quantitative estimate of drug-likeness (QED) is 0.180. The normalized spacial score (nSPS) is 13.9. The summed E-state index contributed by atoms with van der Waals surface area (Å²) in [5, 5.41) is 10.9. The number of aryl methyl sites for hydroxylation is 2. The van der Waals surface area contributed by atoms with Crippen LogP contribution in [-0.4, -0.2) is 12.5 Å². The molecule has 1 aliphatic heterocycles. The zero-order valence-electron chi connectivity index (χ0n) is 26.4. The zero-order valence-corrected chi connectivity index (χ0v) is 27.4. The fraction of sp³-hybridized carbons (Fsp3) is 0.0455. The molecule has 9 aromatic rings. The SMILES string of the molecule is Cc1ccc2c(c1)[Si](c1ccccc1)(c1ccccc1)c1cc(C)ccc1N2c1ccc2c3cccc4c5ccccc5n(c2c1)c43. The molecule has 2 nitrogen and oxygen atoms in total. The van der Waals surface area contributed by atoms with Gasteiger partial charge in [0.05, 0.1) is 16.6 Å². The second-order valence-electron chi connectivity index (χ2n) is 13.1. The molecule has 0 amide bonds. The lowest BCUT2D eigenvalue weighted by atomic mass is 10.1. The number of para-hydroxylation sites is 2. The highest BCUT2D eigenvalue weighted by molar-refractivity contribution is 7.21. The van der Waals surface area contributed by atoms with E-state index in [-0.39, 0.29) is 0 Å². The molecular weight excluding hydrogens is 585 g/mol. The minimum absolute atomic E-state index is 1.18. The predicted octanol–water partition coefficient (Wildman–Crippen LogP) is 8.61. The minimum Gasteiger partial charge on any atom is -0.311 e. The van der Waals surface area contributed by atoms with Gasteiger partial charge in [-0.1, -0.05) is 139 Å². The number of benzene rings is 7. The molecule has 0 radical (unpaired) electrons. The number of anilines is 3. The van der Waals surface area contributed by atoms with Crippen LogP contribution in [0.2, 0.25) is 0 Å². The molecular formula is C44H32N2Si. The van der Waals surface area contributed by atoms with E-state index in [4.69, 9.17) is 0 Å². The van der Waals surface area contributed by atoms with Gasteiger partial charge in [-0.2, -0.15) is 0 Å². The maximum atomic E-state index is 2.53. The summed E-state index contributed by atoms with van der Waals surface area (Å²) >= 11 is 0. The molecule has 0 aliphatic carbocycles. The highest BCUT2D eigenvalue weighted by Gasteiger charge is 2.49. The molecule has 0 bridgehead atoms. The lowest BCUT2D eigenvalue weighted by Crippen LogP contribution is -2.77. The van der Waals surface area contributed by atoms with Gasteiger partial charge in [0.25, 0.3) is 0 Å². The first-order valence-electron chi connectivity index (χ1n) is 16.4. The maximum Gasteiger partial charge on any atom is 0.184 e. The monoisotopic (exact) mass is 616 g/mol. The second-order valence-corrected chi connectivity index (χ2v) is 16.8. The van der Waals surface area contributed by atoms with Crippen molar-refractivity contribution in [1.82, 2.24) is 4.40 Å². The number of hydrogen-bond acceptors (Lipinski definition) is 1. The summed E-state index contributed by atoms with van der Waals surface area (Å²) in [6, 6.07) is 59.5. The summed E-state index contributed by atoms with van der Waals surface area (Å²) in [5.74, 6) is 0. The molecule has 0 spiro atoms. The molecule has 10 rings (SSSR count). The first kappa shape index (κ1) is 26.6. The van der Waals surface area contributed by atoms with Crippen LogP contribution in [-0.2, 0) is 0 Å². The van der Waals surface area contributed by atoms with Crippen LogP contribution in [0.4, 0.5) is 17.1 Å². The molecule has 3 heterocycles. The number of hydrogen-bond donors (Lipinski definition) is 0. The van der Waals surface area contributed by atoms with Gasteiger partial charge in [-0.05, 0) is 64.9 Å². The number of aromatic nitrogens is 1. The van der Waals surface area contributed by atoms with E-state index in [1.807, 2.05) is 0 Å². The third-order valence-corrected chi connectivity index (χ3v) is 15.3. The lowest BCUT2D eigenvalue weighted by Gasteiger charge is -2.45. The fourth-order valence-electron chi connectivity index (χ4n) is 8.57. The Balaban J connectivity index is 1.33. The molecule has 0 unspecified atom stereocenters. The average molecular weight is 617 g/mol. The first-order valence-corrected chi connectivity index (χ1v) is 18.4. The van der Waals surface area contributed by atoms with Crippen LogP contribution in [0.15, 0.2) is 158 Å². The van der Waals surface area contributed by atoms with Crippen LogP contribution in [0, 0.1) is 13.8 Å². The first-order chi connectivity index (χ1) is 23.1. The van der Waals surface area contributed by atoms with Crippen LogP contribution in [0.3, 0.4) is 0 Å². The zero-order chi connectivity index (χ0) is 31.3. The van der Waals surface area contributed by atoms with Gasteiger partial charge in [-0.25, -0.2) is 0 Å². The lowest BCUT2D eigenvalue weighted by molar-refractivity contribution is 1.27. The Labute approximate surface area is 275 Å². The van der Waals surface area contributed by atoms with Gasteiger partial charge in [0.15, 0.2) is 8.07 Å². The van der Waals surface area contributed by atoms with E-state index in [9.17, 15) is 0 Å².